The van der Waals surface area contributed by atoms with Gasteiger partial charge >= 0.3 is 12.1 Å². The van der Waals surface area contributed by atoms with Crippen molar-refractivity contribution >= 4 is 12.1 Å². The van der Waals surface area contributed by atoms with Gasteiger partial charge in [0.25, 0.3) is 0 Å². The minimum atomic E-state index is -0.481. The van der Waals surface area contributed by atoms with Gasteiger partial charge in [0, 0.05) is 30.9 Å². The summed E-state index contributed by atoms with van der Waals surface area (Å²) in [5, 5.41) is 0. The highest BCUT2D eigenvalue weighted by molar-refractivity contribution is 5.90. The summed E-state index contributed by atoms with van der Waals surface area (Å²) in [6.07, 6.45) is 3.07. The van der Waals surface area contributed by atoms with Crippen molar-refractivity contribution in [3.8, 4) is 0 Å². The van der Waals surface area contributed by atoms with E-state index in [1.165, 1.54) is 7.11 Å². The fraction of sp³-hybridized carbons (Fsp3) is 0.625. The van der Waals surface area contributed by atoms with E-state index in [1.807, 2.05) is 20.8 Å². The third-order valence-corrected chi connectivity index (χ3v) is 3.74. The van der Waals surface area contributed by atoms with E-state index in [4.69, 9.17) is 9.47 Å². The van der Waals surface area contributed by atoms with Gasteiger partial charge < -0.3 is 19.4 Å². The molecular formula is C16H24N2O4. The molecule has 0 spiro atoms. The van der Waals surface area contributed by atoms with Crippen LogP contribution >= 0.6 is 0 Å². The summed E-state index contributed by atoms with van der Waals surface area (Å²) in [5.41, 5.74) is 1.000. The van der Waals surface area contributed by atoms with Crippen LogP contribution in [0, 0.1) is 0 Å². The van der Waals surface area contributed by atoms with Crippen molar-refractivity contribution in [2.45, 2.75) is 45.1 Å². The summed E-state index contributed by atoms with van der Waals surface area (Å²) in [7, 11) is 1.38. The topological polar surface area (TPSA) is 71.6 Å². The standard InChI is InChI=1S/C16H24N2O4/c1-16(2,3)22-15(20)18-9-6-11(7-10-18)13-12(5-8-17-13)14(19)21-4/h5,8,11,17H,6-7,9-10H2,1-4H3. The molecule has 1 aliphatic heterocycles. The molecule has 1 saturated heterocycles. The zero-order valence-electron chi connectivity index (χ0n) is 13.6. The summed E-state index contributed by atoms with van der Waals surface area (Å²) in [5.74, 6) is -0.103. The van der Waals surface area contributed by atoms with Gasteiger partial charge in [-0.2, -0.15) is 0 Å². The highest BCUT2D eigenvalue weighted by Crippen LogP contribution is 2.30. The number of carbonyl (C=O) groups excluding carboxylic acids is 2. The second-order valence-electron chi connectivity index (χ2n) is 6.54. The number of ether oxygens (including phenoxy) is 2. The minimum absolute atomic E-state index is 0.225. The monoisotopic (exact) mass is 308 g/mol. The van der Waals surface area contributed by atoms with Crippen LogP contribution in [0.25, 0.3) is 0 Å². The molecule has 0 saturated carbocycles. The number of methoxy groups -OCH3 is 1. The van der Waals surface area contributed by atoms with E-state index in [2.05, 4.69) is 4.98 Å². The summed E-state index contributed by atoms with van der Waals surface area (Å²) in [4.78, 5) is 28.7. The van der Waals surface area contributed by atoms with Crippen molar-refractivity contribution in [1.29, 1.82) is 0 Å². The van der Waals surface area contributed by atoms with Crippen LogP contribution < -0.4 is 0 Å². The summed E-state index contributed by atoms with van der Waals surface area (Å²) < 4.78 is 10.2. The number of hydrogen-bond acceptors (Lipinski definition) is 4. The Morgan fingerprint density at radius 2 is 1.91 bits per heavy atom. The molecule has 0 atom stereocenters. The van der Waals surface area contributed by atoms with Crippen molar-refractivity contribution < 1.29 is 19.1 Å². The van der Waals surface area contributed by atoms with Crippen LogP contribution in [-0.2, 0) is 9.47 Å². The average Bonchev–Trinajstić information content (AvgIpc) is 2.94. The van der Waals surface area contributed by atoms with Crippen LogP contribution in [0.4, 0.5) is 4.79 Å². The smallest absolute Gasteiger partial charge is 0.410 e. The number of aromatic amines is 1. The van der Waals surface area contributed by atoms with Crippen molar-refractivity contribution in [3.63, 3.8) is 0 Å². The highest BCUT2D eigenvalue weighted by Gasteiger charge is 2.29. The number of carbonyl (C=O) groups is 2. The summed E-state index contributed by atoms with van der Waals surface area (Å²) >= 11 is 0. The van der Waals surface area contributed by atoms with Crippen molar-refractivity contribution in [3.05, 3.63) is 23.5 Å². The molecule has 2 heterocycles. The van der Waals surface area contributed by atoms with Gasteiger partial charge in [-0.15, -0.1) is 0 Å². The minimum Gasteiger partial charge on any atom is -0.465 e. The van der Waals surface area contributed by atoms with Crippen molar-refractivity contribution in [2.75, 3.05) is 20.2 Å². The van der Waals surface area contributed by atoms with E-state index in [1.54, 1.807) is 17.2 Å². The maximum Gasteiger partial charge on any atom is 0.410 e. The third-order valence-electron chi connectivity index (χ3n) is 3.74. The molecule has 6 nitrogen and oxygen atoms in total. The largest absolute Gasteiger partial charge is 0.465 e. The first-order valence-electron chi connectivity index (χ1n) is 7.55. The van der Waals surface area contributed by atoms with Crippen LogP contribution in [0.1, 0.15) is 55.6 Å². The molecule has 0 aliphatic carbocycles. The summed E-state index contributed by atoms with van der Waals surface area (Å²) in [6.45, 7) is 6.83. The number of likely N-dealkylation sites (tertiary alicyclic amines) is 1. The second-order valence-corrected chi connectivity index (χ2v) is 6.54. The van der Waals surface area contributed by atoms with Gasteiger partial charge in [0.15, 0.2) is 0 Å². The summed E-state index contributed by atoms with van der Waals surface area (Å²) in [6, 6.07) is 1.74. The molecule has 1 aromatic rings. The number of amides is 1. The molecule has 2 rings (SSSR count). The van der Waals surface area contributed by atoms with Gasteiger partial charge in [-0.05, 0) is 39.7 Å². The Hall–Kier alpha value is -1.98. The Balaban J connectivity index is 1.97. The Kier molecular flexibility index (Phi) is 4.78. The van der Waals surface area contributed by atoms with Crippen LogP contribution in [-0.4, -0.2) is 47.7 Å². The maximum atomic E-state index is 12.1. The van der Waals surface area contributed by atoms with Crippen molar-refractivity contribution in [1.82, 2.24) is 9.88 Å². The molecule has 1 amide bonds. The lowest BCUT2D eigenvalue weighted by Crippen LogP contribution is -2.41. The first-order valence-corrected chi connectivity index (χ1v) is 7.55. The van der Waals surface area contributed by atoms with Crippen molar-refractivity contribution in [2.24, 2.45) is 0 Å². The Morgan fingerprint density at radius 1 is 1.27 bits per heavy atom. The second kappa shape index (κ2) is 6.42. The predicted octanol–water partition coefficient (Wildman–Crippen LogP) is 2.92. The number of nitrogens with one attached hydrogen (secondary N) is 1. The average molecular weight is 308 g/mol. The van der Waals surface area contributed by atoms with Gasteiger partial charge in [-0.3, -0.25) is 0 Å². The van der Waals surface area contributed by atoms with E-state index in [-0.39, 0.29) is 18.0 Å². The zero-order valence-corrected chi connectivity index (χ0v) is 13.6. The Labute approximate surface area is 130 Å². The van der Waals surface area contributed by atoms with Crippen LogP contribution in [0.2, 0.25) is 0 Å². The number of esters is 1. The highest BCUT2D eigenvalue weighted by atomic mass is 16.6. The lowest BCUT2D eigenvalue weighted by molar-refractivity contribution is 0.0203. The van der Waals surface area contributed by atoms with Crippen LogP contribution in [0.3, 0.4) is 0 Å². The Morgan fingerprint density at radius 3 is 2.45 bits per heavy atom. The number of piperidine rings is 1. The lowest BCUT2D eigenvalue weighted by atomic mass is 9.91. The van der Waals surface area contributed by atoms with Crippen LogP contribution in [0.5, 0.6) is 0 Å². The number of nitrogens with zero attached hydrogens (tertiary/aromatic N) is 1. The van der Waals surface area contributed by atoms with E-state index in [0.29, 0.717) is 18.7 Å². The van der Waals surface area contributed by atoms with Gasteiger partial charge in [-0.1, -0.05) is 0 Å². The molecule has 1 N–H and O–H groups in total. The molecule has 122 valence electrons. The van der Waals surface area contributed by atoms with E-state index in [0.717, 1.165) is 18.5 Å². The molecule has 6 heteroatoms. The molecule has 22 heavy (non-hydrogen) atoms. The molecule has 1 fully saturated rings. The quantitative estimate of drug-likeness (QED) is 0.853. The van der Waals surface area contributed by atoms with Crippen LogP contribution in [0.15, 0.2) is 12.3 Å². The zero-order chi connectivity index (χ0) is 16.3. The van der Waals surface area contributed by atoms with E-state index in [9.17, 15) is 9.59 Å². The number of aromatic nitrogens is 1. The predicted molar refractivity (Wildman–Crippen MR) is 81.9 cm³/mol. The third kappa shape index (κ3) is 3.81. The van der Waals surface area contributed by atoms with Gasteiger partial charge in [0.1, 0.15) is 5.60 Å². The SMILES string of the molecule is COC(=O)c1cc[nH]c1C1CCN(C(=O)OC(C)(C)C)CC1. The van der Waals surface area contributed by atoms with Gasteiger partial charge in [0.05, 0.1) is 12.7 Å². The molecular weight excluding hydrogens is 284 g/mol. The molecule has 0 bridgehead atoms. The molecule has 0 unspecified atom stereocenters. The van der Waals surface area contributed by atoms with Gasteiger partial charge in [0.2, 0.25) is 0 Å². The van der Waals surface area contributed by atoms with E-state index >= 15 is 0 Å². The molecule has 0 aromatic carbocycles. The van der Waals surface area contributed by atoms with Gasteiger partial charge in [-0.25, -0.2) is 9.59 Å². The lowest BCUT2D eigenvalue weighted by Gasteiger charge is -2.33. The molecule has 0 radical (unpaired) electrons. The fourth-order valence-corrected chi connectivity index (χ4v) is 2.69. The van der Waals surface area contributed by atoms with E-state index < -0.39 is 5.60 Å². The first kappa shape index (κ1) is 16.4. The first-order chi connectivity index (χ1) is 10.3. The maximum absolute atomic E-state index is 12.1. The number of hydrogen-bond donors (Lipinski definition) is 1. The number of H-pyrrole nitrogens is 1. The number of rotatable bonds is 2. The Bertz CT molecular complexity index is 537. The normalized spacial score (nSPS) is 16.5. The fourth-order valence-electron chi connectivity index (χ4n) is 2.69. The molecule has 1 aromatic heterocycles. The molecule has 1 aliphatic rings.